The molecule has 0 saturated heterocycles. The fourth-order valence-corrected chi connectivity index (χ4v) is 1.89. The van der Waals surface area contributed by atoms with Crippen LogP contribution in [0.3, 0.4) is 0 Å². The summed E-state index contributed by atoms with van der Waals surface area (Å²) in [7, 11) is 3.59. The SMILES string of the molecule is Cc1ccc(C)c(OCc2nc(C(=O)O)cc(N(C)C)n2)c1. The maximum atomic E-state index is 11.2. The van der Waals surface area contributed by atoms with Crippen LogP contribution in [-0.2, 0) is 6.61 Å². The summed E-state index contributed by atoms with van der Waals surface area (Å²) in [4.78, 5) is 21.2. The predicted octanol–water partition coefficient (Wildman–Crippen LogP) is 2.44. The van der Waals surface area contributed by atoms with Crippen molar-refractivity contribution in [2.24, 2.45) is 0 Å². The first kappa shape index (κ1) is 15.8. The van der Waals surface area contributed by atoms with Crippen molar-refractivity contribution in [1.82, 2.24) is 9.97 Å². The van der Waals surface area contributed by atoms with E-state index in [2.05, 4.69) is 9.97 Å². The van der Waals surface area contributed by atoms with E-state index in [0.717, 1.165) is 16.9 Å². The van der Waals surface area contributed by atoms with Crippen molar-refractivity contribution in [3.8, 4) is 5.75 Å². The van der Waals surface area contributed by atoms with Gasteiger partial charge in [0.05, 0.1) is 0 Å². The summed E-state index contributed by atoms with van der Waals surface area (Å²) < 4.78 is 5.74. The molecule has 0 aliphatic heterocycles. The number of nitrogens with zero attached hydrogens (tertiary/aromatic N) is 3. The van der Waals surface area contributed by atoms with Crippen LogP contribution < -0.4 is 9.64 Å². The Labute approximate surface area is 129 Å². The number of hydrogen-bond acceptors (Lipinski definition) is 5. The Morgan fingerprint density at radius 2 is 1.95 bits per heavy atom. The molecule has 1 heterocycles. The van der Waals surface area contributed by atoms with E-state index < -0.39 is 5.97 Å². The molecule has 116 valence electrons. The highest BCUT2D eigenvalue weighted by molar-refractivity contribution is 5.86. The van der Waals surface area contributed by atoms with E-state index in [-0.39, 0.29) is 12.3 Å². The van der Waals surface area contributed by atoms with Gasteiger partial charge in [0, 0.05) is 20.2 Å². The first-order valence-electron chi connectivity index (χ1n) is 6.85. The number of carbonyl (C=O) groups is 1. The molecule has 0 aliphatic carbocycles. The molecule has 0 fully saturated rings. The van der Waals surface area contributed by atoms with Gasteiger partial charge >= 0.3 is 5.97 Å². The minimum absolute atomic E-state index is 0.0433. The molecule has 0 bridgehead atoms. The van der Waals surface area contributed by atoms with Crippen molar-refractivity contribution in [2.75, 3.05) is 19.0 Å². The van der Waals surface area contributed by atoms with E-state index in [1.54, 1.807) is 19.0 Å². The maximum absolute atomic E-state index is 11.2. The fraction of sp³-hybridized carbons (Fsp3) is 0.312. The van der Waals surface area contributed by atoms with Gasteiger partial charge in [0.1, 0.15) is 18.2 Å². The van der Waals surface area contributed by atoms with Gasteiger partial charge in [0.2, 0.25) is 0 Å². The summed E-state index contributed by atoms with van der Waals surface area (Å²) in [6, 6.07) is 7.35. The van der Waals surface area contributed by atoms with Gasteiger partial charge in [-0.3, -0.25) is 0 Å². The quantitative estimate of drug-likeness (QED) is 0.914. The summed E-state index contributed by atoms with van der Waals surface area (Å²) in [5, 5.41) is 9.13. The number of aromatic carboxylic acids is 1. The normalized spacial score (nSPS) is 10.4. The van der Waals surface area contributed by atoms with Crippen LogP contribution in [0.1, 0.15) is 27.4 Å². The second-order valence-electron chi connectivity index (χ2n) is 5.28. The molecule has 1 aromatic heterocycles. The first-order valence-corrected chi connectivity index (χ1v) is 6.85. The summed E-state index contributed by atoms with van der Waals surface area (Å²) in [5.41, 5.74) is 2.06. The number of benzene rings is 1. The van der Waals surface area contributed by atoms with Crippen LogP contribution in [0, 0.1) is 13.8 Å². The summed E-state index contributed by atoms with van der Waals surface area (Å²) >= 11 is 0. The number of rotatable bonds is 5. The second kappa shape index (κ2) is 6.43. The van der Waals surface area contributed by atoms with E-state index in [0.29, 0.717) is 11.6 Å². The van der Waals surface area contributed by atoms with Gasteiger partial charge in [-0.2, -0.15) is 0 Å². The Morgan fingerprint density at radius 3 is 2.59 bits per heavy atom. The van der Waals surface area contributed by atoms with Gasteiger partial charge in [-0.25, -0.2) is 14.8 Å². The average molecular weight is 301 g/mol. The van der Waals surface area contributed by atoms with Crippen molar-refractivity contribution in [2.45, 2.75) is 20.5 Å². The van der Waals surface area contributed by atoms with Crippen LogP contribution >= 0.6 is 0 Å². The summed E-state index contributed by atoms with van der Waals surface area (Å²) in [6.45, 7) is 4.05. The number of aryl methyl sites for hydroxylation is 2. The molecule has 0 saturated carbocycles. The number of hydrogen-bond donors (Lipinski definition) is 1. The standard InChI is InChI=1S/C16H19N3O3/c1-10-5-6-11(2)13(7-10)22-9-14-17-12(16(20)21)8-15(18-14)19(3)4/h5-8H,9H2,1-4H3,(H,20,21). The van der Waals surface area contributed by atoms with Gasteiger partial charge in [-0.15, -0.1) is 0 Å². The monoisotopic (exact) mass is 301 g/mol. The van der Waals surface area contributed by atoms with Crippen LogP contribution in [0.25, 0.3) is 0 Å². The summed E-state index contributed by atoms with van der Waals surface area (Å²) in [5.74, 6) is 0.533. The smallest absolute Gasteiger partial charge is 0.354 e. The van der Waals surface area contributed by atoms with Gasteiger partial charge in [-0.05, 0) is 31.0 Å². The predicted molar refractivity (Wildman–Crippen MR) is 83.6 cm³/mol. The number of aromatic nitrogens is 2. The molecule has 6 nitrogen and oxygen atoms in total. The van der Waals surface area contributed by atoms with E-state index in [1.165, 1.54) is 6.07 Å². The minimum Gasteiger partial charge on any atom is -0.485 e. The topological polar surface area (TPSA) is 75.6 Å². The zero-order valence-electron chi connectivity index (χ0n) is 13.1. The molecule has 0 spiro atoms. The van der Waals surface area contributed by atoms with E-state index in [4.69, 9.17) is 9.84 Å². The molecule has 0 atom stereocenters. The Balaban J connectivity index is 2.25. The highest BCUT2D eigenvalue weighted by Gasteiger charge is 2.12. The lowest BCUT2D eigenvalue weighted by Gasteiger charge is -2.14. The zero-order chi connectivity index (χ0) is 16.3. The van der Waals surface area contributed by atoms with Crippen molar-refractivity contribution < 1.29 is 14.6 Å². The van der Waals surface area contributed by atoms with Crippen molar-refractivity contribution in [1.29, 1.82) is 0 Å². The molecule has 6 heteroatoms. The lowest BCUT2D eigenvalue weighted by Crippen LogP contribution is -2.16. The van der Waals surface area contributed by atoms with Crippen LogP contribution in [-0.4, -0.2) is 35.1 Å². The van der Waals surface area contributed by atoms with E-state index in [1.807, 2.05) is 32.0 Å². The van der Waals surface area contributed by atoms with Crippen molar-refractivity contribution in [3.63, 3.8) is 0 Å². The molecule has 0 radical (unpaired) electrons. The minimum atomic E-state index is -1.08. The van der Waals surface area contributed by atoms with Gasteiger partial charge in [-0.1, -0.05) is 12.1 Å². The van der Waals surface area contributed by atoms with Crippen molar-refractivity contribution in [3.05, 3.63) is 46.9 Å². The molecule has 0 unspecified atom stereocenters. The third-order valence-electron chi connectivity index (χ3n) is 3.14. The van der Waals surface area contributed by atoms with E-state index in [9.17, 15) is 4.79 Å². The molecular weight excluding hydrogens is 282 g/mol. The zero-order valence-corrected chi connectivity index (χ0v) is 13.1. The Hall–Kier alpha value is -2.63. The molecule has 22 heavy (non-hydrogen) atoms. The number of ether oxygens (including phenoxy) is 1. The fourth-order valence-electron chi connectivity index (χ4n) is 1.89. The molecule has 1 N–H and O–H groups in total. The Morgan fingerprint density at radius 1 is 1.23 bits per heavy atom. The third kappa shape index (κ3) is 3.72. The molecular formula is C16H19N3O3. The number of carboxylic acid groups (broad SMARTS) is 1. The lowest BCUT2D eigenvalue weighted by atomic mass is 10.1. The highest BCUT2D eigenvalue weighted by Crippen LogP contribution is 2.20. The van der Waals surface area contributed by atoms with Gasteiger partial charge in [0.15, 0.2) is 11.5 Å². The van der Waals surface area contributed by atoms with Gasteiger partial charge in [0.25, 0.3) is 0 Å². The lowest BCUT2D eigenvalue weighted by molar-refractivity contribution is 0.0689. The average Bonchev–Trinajstić information content (AvgIpc) is 2.47. The van der Waals surface area contributed by atoms with E-state index >= 15 is 0 Å². The second-order valence-corrected chi connectivity index (χ2v) is 5.28. The first-order chi connectivity index (χ1) is 10.4. The maximum Gasteiger partial charge on any atom is 0.354 e. The number of carboxylic acids is 1. The molecule has 2 rings (SSSR count). The van der Waals surface area contributed by atoms with Crippen LogP contribution in [0.2, 0.25) is 0 Å². The third-order valence-corrected chi connectivity index (χ3v) is 3.14. The number of anilines is 1. The Kier molecular flexibility index (Phi) is 4.60. The van der Waals surface area contributed by atoms with Crippen LogP contribution in [0.5, 0.6) is 5.75 Å². The molecule has 2 aromatic rings. The van der Waals surface area contributed by atoms with Gasteiger partial charge < -0.3 is 14.7 Å². The largest absolute Gasteiger partial charge is 0.485 e. The Bertz CT molecular complexity index is 699. The van der Waals surface area contributed by atoms with Crippen LogP contribution in [0.4, 0.5) is 5.82 Å². The van der Waals surface area contributed by atoms with Crippen molar-refractivity contribution >= 4 is 11.8 Å². The molecule has 0 aliphatic rings. The highest BCUT2D eigenvalue weighted by atomic mass is 16.5. The summed E-state index contributed by atoms with van der Waals surface area (Å²) in [6.07, 6.45) is 0. The molecule has 0 amide bonds. The molecule has 1 aromatic carbocycles. The van der Waals surface area contributed by atoms with Crippen LogP contribution in [0.15, 0.2) is 24.3 Å².